The van der Waals surface area contributed by atoms with Gasteiger partial charge in [0.2, 0.25) is 17.7 Å². The maximum Gasteiger partial charge on any atom is 0.307 e. The minimum Gasteiger partial charge on any atom is -0.481 e. The Kier molecular flexibility index (Phi) is 4.59. The Bertz CT molecular complexity index is 476. The second kappa shape index (κ2) is 6.24. The van der Waals surface area contributed by atoms with Crippen molar-refractivity contribution in [1.29, 1.82) is 0 Å². The van der Waals surface area contributed by atoms with Gasteiger partial charge in [-0.3, -0.25) is 24.5 Å². The summed E-state index contributed by atoms with van der Waals surface area (Å²) >= 11 is 0. The van der Waals surface area contributed by atoms with E-state index in [1.165, 1.54) is 4.90 Å². The molecule has 0 aromatic carbocycles. The third-order valence-corrected chi connectivity index (χ3v) is 4.33. The fourth-order valence-electron chi connectivity index (χ4n) is 3.24. The van der Waals surface area contributed by atoms with E-state index >= 15 is 0 Å². The van der Waals surface area contributed by atoms with Crippen molar-refractivity contribution in [3.8, 4) is 0 Å². The van der Waals surface area contributed by atoms with Gasteiger partial charge in [0, 0.05) is 0 Å². The lowest BCUT2D eigenvalue weighted by atomic mass is 9.78. The van der Waals surface area contributed by atoms with Crippen molar-refractivity contribution in [3.05, 3.63) is 0 Å². The Morgan fingerprint density at radius 1 is 1.24 bits per heavy atom. The molecule has 0 spiro atoms. The lowest BCUT2D eigenvalue weighted by Crippen LogP contribution is -2.61. The van der Waals surface area contributed by atoms with E-state index in [2.05, 4.69) is 5.32 Å². The van der Waals surface area contributed by atoms with Crippen LogP contribution in [-0.4, -0.2) is 46.3 Å². The summed E-state index contributed by atoms with van der Waals surface area (Å²) in [4.78, 5) is 48.5. The van der Waals surface area contributed by atoms with Crippen molar-refractivity contribution >= 4 is 23.7 Å². The first-order valence-corrected chi connectivity index (χ1v) is 7.32. The molecule has 2 N–H and O–H groups in total. The molecular formula is C14H20N2O5. The molecule has 21 heavy (non-hydrogen) atoms. The van der Waals surface area contributed by atoms with E-state index in [-0.39, 0.29) is 12.5 Å². The number of carboxylic acids is 1. The van der Waals surface area contributed by atoms with Gasteiger partial charge in [-0.05, 0) is 19.3 Å². The Hall–Kier alpha value is -1.92. The van der Waals surface area contributed by atoms with Crippen LogP contribution in [0.5, 0.6) is 0 Å². The number of carboxylic acid groups (broad SMARTS) is 1. The van der Waals surface area contributed by atoms with Crippen LogP contribution in [0.2, 0.25) is 0 Å². The average molecular weight is 296 g/mol. The number of nitrogens with one attached hydrogen (secondary N) is 1. The molecule has 1 aliphatic heterocycles. The second-order valence-electron chi connectivity index (χ2n) is 5.64. The molecular weight excluding hydrogens is 276 g/mol. The molecule has 1 saturated heterocycles. The van der Waals surface area contributed by atoms with Gasteiger partial charge in [0.15, 0.2) is 0 Å². The van der Waals surface area contributed by atoms with E-state index in [1.54, 1.807) is 6.92 Å². The number of piperazine rings is 1. The number of carbonyl (C=O) groups is 4. The molecule has 116 valence electrons. The van der Waals surface area contributed by atoms with E-state index in [0.29, 0.717) is 19.3 Å². The Balaban J connectivity index is 2.21. The zero-order valence-electron chi connectivity index (χ0n) is 12.0. The summed E-state index contributed by atoms with van der Waals surface area (Å²) in [6.45, 7) is 1.59. The van der Waals surface area contributed by atoms with Gasteiger partial charge in [-0.15, -0.1) is 0 Å². The van der Waals surface area contributed by atoms with Gasteiger partial charge in [0.1, 0.15) is 12.6 Å². The molecule has 1 unspecified atom stereocenters. The van der Waals surface area contributed by atoms with E-state index in [1.807, 2.05) is 0 Å². The Labute approximate surface area is 122 Å². The molecule has 1 saturated carbocycles. The number of rotatable bonds is 3. The predicted octanol–water partition coefficient (Wildman–Crippen LogP) is 0.141. The highest BCUT2D eigenvalue weighted by Gasteiger charge is 2.43. The molecule has 2 aliphatic rings. The summed E-state index contributed by atoms with van der Waals surface area (Å²) in [5, 5.41) is 11.5. The fraction of sp³-hybridized carbons (Fsp3) is 0.714. The molecule has 3 atom stereocenters. The number of aliphatic carboxylic acids is 1. The molecule has 0 radical (unpaired) electrons. The Morgan fingerprint density at radius 2 is 1.86 bits per heavy atom. The summed E-state index contributed by atoms with van der Waals surface area (Å²) < 4.78 is 0. The van der Waals surface area contributed by atoms with Gasteiger partial charge in [0.25, 0.3) is 0 Å². The van der Waals surface area contributed by atoms with E-state index in [9.17, 15) is 24.3 Å². The van der Waals surface area contributed by atoms with Gasteiger partial charge < -0.3 is 10.0 Å². The lowest BCUT2D eigenvalue weighted by Gasteiger charge is -2.38. The average Bonchev–Trinajstić information content (AvgIpc) is 2.45. The molecule has 3 amide bonds. The maximum absolute atomic E-state index is 12.7. The molecule has 0 bridgehead atoms. The van der Waals surface area contributed by atoms with Crippen LogP contribution in [0, 0.1) is 11.8 Å². The van der Waals surface area contributed by atoms with E-state index in [4.69, 9.17) is 0 Å². The molecule has 7 heteroatoms. The van der Waals surface area contributed by atoms with Crippen molar-refractivity contribution in [1.82, 2.24) is 10.2 Å². The number of imide groups is 1. The van der Waals surface area contributed by atoms with Crippen molar-refractivity contribution < 1.29 is 24.3 Å². The first kappa shape index (κ1) is 15.5. The molecule has 2 rings (SSSR count). The number of carbonyl (C=O) groups excluding carboxylic acids is 3. The van der Waals surface area contributed by atoms with Crippen LogP contribution in [0.15, 0.2) is 0 Å². The van der Waals surface area contributed by atoms with Crippen molar-refractivity contribution in [2.75, 3.05) is 6.54 Å². The lowest BCUT2D eigenvalue weighted by molar-refractivity contribution is -0.158. The fourth-order valence-corrected chi connectivity index (χ4v) is 3.24. The number of nitrogens with zero attached hydrogens (tertiary/aromatic N) is 1. The topological polar surface area (TPSA) is 104 Å². The number of amides is 3. The summed E-state index contributed by atoms with van der Waals surface area (Å²) in [5.74, 6) is -3.70. The largest absolute Gasteiger partial charge is 0.481 e. The summed E-state index contributed by atoms with van der Waals surface area (Å²) in [6.07, 6.45) is 2.95. The molecule has 1 aliphatic carbocycles. The van der Waals surface area contributed by atoms with Gasteiger partial charge in [-0.2, -0.15) is 0 Å². The predicted molar refractivity (Wildman–Crippen MR) is 72.0 cm³/mol. The van der Waals surface area contributed by atoms with Crippen LogP contribution >= 0.6 is 0 Å². The van der Waals surface area contributed by atoms with Crippen LogP contribution in [-0.2, 0) is 19.2 Å². The van der Waals surface area contributed by atoms with Gasteiger partial charge >= 0.3 is 5.97 Å². The highest BCUT2D eigenvalue weighted by Crippen LogP contribution is 2.32. The first-order valence-electron chi connectivity index (χ1n) is 7.32. The minimum atomic E-state index is -0.978. The minimum absolute atomic E-state index is 0.175. The van der Waals surface area contributed by atoms with E-state index in [0.717, 1.165) is 12.8 Å². The third kappa shape index (κ3) is 3.06. The monoisotopic (exact) mass is 296 g/mol. The molecule has 1 heterocycles. The highest BCUT2D eigenvalue weighted by atomic mass is 16.4. The second-order valence-corrected chi connectivity index (χ2v) is 5.64. The van der Waals surface area contributed by atoms with Crippen LogP contribution in [0.3, 0.4) is 0 Å². The maximum atomic E-state index is 12.7. The summed E-state index contributed by atoms with van der Waals surface area (Å²) in [5.41, 5.74) is 0. The van der Waals surface area contributed by atoms with Crippen LogP contribution in [0.4, 0.5) is 0 Å². The highest BCUT2D eigenvalue weighted by molar-refractivity contribution is 6.04. The standard InChI is InChI=1S/C14H20N2O5/c1-2-10-12(18)15-11(17)7-16(10)13(19)8-5-3-4-6-9(8)14(20)21/h8-10H,2-7H2,1H3,(H,20,21)(H,15,17,18)/t8-,9+,10?/m1/s1. The summed E-state index contributed by atoms with van der Waals surface area (Å²) in [7, 11) is 0. The normalized spacial score (nSPS) is 30.0. The van der Waals surface area contributed by atoms with Crippen molar-refractivity contribution in [2.45, 2.75) is 45.1 Å². The van der Waals surface area contributed by atoms with Gasteiger partial charge in [0.05, 0.1) is 11.8 Å². The third-order valence-electron chi connectivity index (χ3n) is 4.33. The number of hydrogen-bond donors (Lipinski definition) is 2. The molecule has 0 aromatic heterocycles. The number of hydrogen-bond acceptors (Lipinski definition) is 4. The van der Waals surface area contributed by atoms with Gasteiger partial charge in [-0.1, -0.05) is 19.8 Å². The molecule has 2 fully saturated rings. The first-order chi connectivity index (χ1) is 9.95. The van der Waals surface area contributed by atoms with Crippen LogP contribution in [0.25, 0.3) is 0 Å². The summed E-state index contributed by atoms with van der Waals surface area (Å²) in [6, 6.07) is -0.688. The zero-order chi connectivity index (χ0) is 15.6. The Morgan fingerprint density at radius 3 is 2.43 bits per heavy atom. The zero-order valence-corrected chi connectivity index (χ0v) is 12.0. The van der Waals surface area contributed by atoms with Crippen LogP contribution in [0.1, 0.15) is 39.0 Å². The smallest absolute Gasteiger partial charge is 0.307 e. The molecule has 7 nitrogen and oxygen atoms in total. The van der Waals surface area contributed by atoms with Gasteiger partial charge in [-0.25, -0.2) is 0 Å². The van der Waals surface area contributed by atoms with Crippen molar-refractivity contribution in [3.63, 3.8) is 0 Å². The van der Waals surface area contributed by atoms with Crippen molar-refractivity contribution in [2.24, 2.45) is 11.8 Å². The quantitative estimate of drug-likeness (QED) is 0.721. The SMILES string of the molecule is CCC1C(=O)NC(=O)CN1C(=O)[C@@H]1CCCC[C@@H]1C(=O)O. The van der Waals surface area contributed by atoms with Crippen LogP contribution < -0.4 is 5.32 Å². The molecule has 0 aromatic rings. The van der Waals surface area contributed by atoms with E-state index < -0.39 is 35.7 Å².